The van der Waals surface area contributed by atoms with Crippen LogP contribution in [0.5, 0.6) is 5.75 Å². The molecule has 3 aromatic rings. The summed E-state index contributed by atoms with van der Waals surface area (Å²) in [6.07, 6.45) is 0. The fraction of sp³-hybridized carbons (Fsp3) is 0.167. The van der Waals surface area contributed by atoms with E-state index in [1.54, 1.807) is 55.5 Å². The maximum Gasteiger partial charge on any atom is 0.420 e. The van der Waals surface area contributed by atoms with Crippen molar-refractivity contribution in [2.45, 2.75) is 13.0 Å². The molecule has 0 spiro atoms. The van der Waals surface area contributed by atoms with Crippen LogP contribution >= 0.6 is 0 Å². The molecule has 0 fully saturated rings. The van der Waals surface area contributed by atoms with E-state index in [0.717, 1.165) is 0 Å². The molecule has 26 heavy (non-hydrogen) atoms. The molecule has 0 saturated carbocycles. The third-order valence-corrected chi connectivity index (χ3v) is 3.77. The Morgan fingerprint density at radius 2 is 2.00 bits per heavy atom. The summed E-state index contributed by atoms with van der Waals surface area (Å²) in [5.41, 5.74) is 6.46. The van der Waals surface area contributed by atoms with Crippen molar-refractivity contribution in [3.63, 3.8) is 0 Å². The Morgan fingerprint density at radius 1 is 1.23 bits per heavy atom. The lowest BCUT2D eigenvalue weighted by molar-refractivity contribution is -0.120. The molecule has 0 aliphatic carbocycles. The van der Waals surface area contributed by atoms with Crippen molar-refractivity contribution < 1.29 is 18.7 Å². The van der Waals surface area contributed by atoms with Crippen LogP contribution in [-0.2, 0) is 9.59 Å². The SMILES string of the molecule is CC(C(=O)Nc1cccc(OCC(N)=O)c1)n1c(=O)oc2ccccc21. The topological polar surface area (TPSA) is 117 Å². The van der Waals surface area contributed by atoms with Crippen LogP contribution in [0.15, 0.2) is 57.7 Å². The number of nitrogens with zero attached hydrogens (tertiary/aromatic N) is 1. The Balaban J connectivity index is 1.79. The predicted molar refractivity (Wildman–Crippen MR) is 94.9 cm³/mol. The molecule has 0 aliphatic heterocycles. The summed E-state index contributed by atoms with van der Waals surface area (Å²) < 4.78 is 11.7. The number of nitrogens with one attached hydrogen (secondary N) is 1. The average Bonchev–Trinajstić information content (AvgIpc) is 2.95. The van der Waals surface area contributed by atoms with Gasteiger partial charge in [-0.2, -0.15) is 0 Å². The van der Waals surface area contributed by atoms with E-state index in [-0.39, 0.29) is 6.61 Å². The van der Waals surface area contributed by atoms with Crippen molar-refractivity contribution in [1.82, 2.24) is 4.57 Å². The zero-order valence-corrected chi connectivity index (χ0v) is 14.0. The van der Waals surface area contributed by atoms with Crippen molar-refractivity contribution in [2.24, 2.45) is 5.73 Å². The molecule has 2 aromatic carbocycles. The number of ether oxygens (including phenoxy) is 1. The first kappa shape index (κ1) is 17.3. The standard InChI is InChI=1S/C18H17N3O5/c1-11(21-14-7-2-3-8-15(14)26-18(21)24)17(23)20-12-5-4-6-13(9-12)25-10-16(19)22/h2-9,11H,10H2,1H3,(H2,19,22)(H,20,23). The third kappa shape index (κ3) is 3.59. The Bertz CT molecular complexity index is 1020. The molecule has 2 amide bonds. The van der Waals surface area contributed by atoms with Gasteiger partial charge in [-0.25, -0.2) is 4.79 Å². The fourth-order valence-electron chi connectivity index (χ4n) is 2.53. The Hall–Kier alpha value is -3.55. The first-order valence-corrected chi connectivity index (χ1v) is 7.88. The highest BCUT2D eigenvalue weighted by Gasteiger charge is 2.21. The van der Waals surface area contributed by atoms with Crippen LogP contribution in [0, 0.1) is 0 Å². The van der Waals surface area contributed by atoms with Gasteiger partial charge in [0.15, 0.2) is 12.2 Å². The summed E-state index contributed by atoms with van der Waals surface area (Å²) in [5, 5.41) is 2.71. The summed E-state index contributed by atoms with van der Waals surface area (Å²) >= 11 is 0. The van der Waals surface area contributed by atoms with Gasteiger partial charge in [0, 0.05) is 11.8 Å². The van der Waals surface area contributed by atoms with E-state index in [1.807, 2.05) is 0 Å². The van der Waals surface area contributed by atoms with Crippen molar-refractivity contribution >= 4 is 28.6 Å². The second-order valence-electron chi connectivity index (χ2n) is 5.65. The number of para-hydroxylation sites is 2. The van der Waals surface area contributed by atoms with E-state index < -0.39 is 23.6 Å². The Morgan fingerprint density at radius 3 is 2.77 bits per heavy atom. The number of rotatable bonds is 6. The highest BCUT2D eigenvalue weighted by molar-refractivity contribution is 5.94. The van der Waals surface area contributed by atoms with Crippen molar-refractivity contribution in [1.29, 1.82) is 0 Å². The largest absolute Gasteiger partial charge is 0.484 e. The van der Waals surface area contributed by atoms with Crippen LogP contribution in [-0.4, -0.2) is 23.0 Å². The second kappa shape index (κ2) is 7.14. The van der Waals surface area contributed by atoms with Crippen LogP contribution in [0.3, 0.4) is 0 Å². The van der Waals surface area contributed by atoms with Gasteiger partial charge in [0.05, 0.1) is 5.52 Å². The molecule has 134 valence electrons. The summed E-state index contributed by atoms with van der Waals surface area (Å²) in [5.74, 6) is -1.21. The molecule has 0 radical (unpaired) electrons. The van der Waals surface area contributed by atoms with Gasteiger partial charge in [-0.05, 0) is 31.2 Å². The minimum absolute atomic E-state index is 0.260. The molecule has 8 heteroatoms. The van der Waals surface area contributed by atoms with Crippen molar-refractivity contribution in [2.75, 3.05) is 11.9 Å². The number of hydrogen-bond donors (Lipinski definition) is 2. The highest BCUT2D eigenvalue weighted by atomic mass is 16.5. The summed E-state index contributed by atoms with van der Waals surface area (Å²) in [6, 6.07) is 12.6. The van der Waals surface area contributed by atoms with Crippen LogP contribution in [0.2, 0.25) is 0 Å². The number of primary amides is 1. The number of hydrogen-bond acceptors (Lipinski definition) is 5. The van der Waals surface area contributed by atoms with Crippen molar-refractivity contribution in [3.8, 4) is 5.75 Å². The quantitative estimate of drug-likeness (QED) is 0.697. The molecule has 3 N–H and O–H groups in total. The molecule has 8 nitrogen and oxygen atoms in total. The summed E-state index contributed by atoms with van der Waals surface area (Å²) in [7, 11) is 0. The van der Waals surface area contributed by atoms with E-state index in [0.29, 0.717) is 22.5 Å². The lowest BCUT2D eigenvalue weighted by atomic mass is 10.2. The lowest BCUT2D eigenvalue weighted by Gasteiger charge is -2.14. The minimum atomic E-state index is -0.790. The van der Waals surface area contributed by atoms with Gasteiger partial charge < -0.3 is 20.2 Å². The van der Waals surface area contributed by atoms with Gasteiger partial charge in [0.1, 0.15) is 11.8 Å². The average molecular weight is 355 g/mol. The first-order valence-electron chi connectivity index (χ1n) is 7.88. The number of fused-ring (bicyclic) bond motifs is 1. The van der Waals surface area contributed by atoms with Gasteiger partial charge in [0.25, 0.3) is 5.91 Å². The molecule has 1 atom stereocenters. The Kier molecular flexibility index (Phi) is 4.74. The van der Waals surface area contributed by atoms with Gasteiger partial charge in [-0.3, -0.25) is 14.2 Å². The smallest absolute Gasteiger partial charge is 0.420 e. The molecular weight excluding hydrogens is 338 g/mol. The number of carbonyl (C=O) groups is 2. The maximum absolute atomic E-state index is 12.6. The predicted octanol–water partition coefficient (Wildman–Crippen LogP) is 1.66. The van der Waals surface area contributed by atoms with Crippen LogP contribution in [0.4, 0.5) is 5.69 Å². The number of benzene rings is 2. The molecule has 1 heterocycles. The number of carbonyl (C=O) groups excluding carboxylic acids is 2. The third-order valence-electron chi connectivity index (χ3n) is 3.77. The number of aromatic nitrogens is 1. The van der Waals surface area contributed by atoms with Crippen molar-refractivity contribution in [3.05, 3.63) is 59.1 Å². The van der Waals surface area contributed by atoms with E-state index >= 15 is 0 Å². The molecule has 0 bridgehead atoms. The van der Waals surface area contributed by atoms with E-state index in [2.05, 4.69) is 5.32 Å². The molecule has 0 saturated heterocycles. The van der Waals surface area contributed by atoms with Gasteiger partial charge in [-0.1, -0.05) is 18.2 Å². The number of nitrogens with two attached hydrogens (primary N) is 1. The summed E-state index contributed by atoms with van der Waals surface area (Å²) in [4.78, 5) is 35.4. The van der Waals surface area contributed by atoms with Gasteiger partial charge >= 0.3 is 5.76 Å². The van der Waals surface area contributed by atoms with E-state index in [1.165, 1.54) is 4.57 Å². The van der Waals surface area contributed by atoms with Gasteiger partial charge in [-0.15, -0.1) is 0 Å². The zero-order chi connectivity index (χ0) is 18.7. The van der Waals surface area contributed by atoms with E-state index in [4.69, 9.17) is 14.9 Å². The second-order valence-corrected chi connectivity index (χ2v) is 5.65. The van der Waals surface area contributed by atoms with Gasteiger partial charge in [0.2, 0.25) is 5.91 Å². The number of amides is 2. The molecule has 3 rings (SSSR count). The van der Waals surface area contributed by atoms with Crippen LogP contribution in [0.1, 0.15) is 13.0 Å². The van der Waals surface area contributed by atoms with Crippen LogP contribution in [0.25, 0.3) is 11.1 Å². The number of anilines is 1. The lowest BCUT2D eigenvalue weighted by Crippen LogP contribution is -2.29. The number of oxazole rings is 1. The monoisotopic (exact) mass is 355 g/mol. The normalized spacial score (nSPS) is 11.9. The summed E-state index contributed by atoms with van der Waals surface area (Å²) in [6.45, 7) is 1.34. The highest BCUT2D eigenvalue weighted by Crippen LogP contribution is 2.20. The molecule has 0 aliphatic rings. The minimum Gasteiger partial charge on any atom is -0.484 e. The molecule has 1 unspecified atom stereocenters. The zero-order valence-electron chi connectivity index (χ0n) is 14.0. The Labute approximate surface area is 148 Å². The molecule has 1 aromatic heterocycles. The van der Waals surface area contributed by atoms with E-state index in [9.17, 15) is 14.4 Å². The fourth-order valence-corrected chi connectivity index (χ4v) is 2.53. The molecular formula is C18H17N3O5. The maximum atomic E-state index is 12.6. The first-order chi connectivity index (χ1) is 12.5. The van der Waals surface area contributed by atoms with Crippen LogP contribution < -0.4 is 21.5 Å².